The SMILES string of the molecule is CC/C=C\C/C=C\C/C=C\C/C=C\C/C=C\CCCC(=O)OC(COC(=O)CCCCCCC/C=C\C/C=C\CCCC)COC1OC(CO)C(O)C(O)C1O. The molecule has 10 nitrogen and oxygen atoms in total. The number of aliphatic hydroxyl groups is 4. The molecule has 0 aromatic carbocycles. The summed E-state index contributed by atoms with van der Waals surface area (Å²) in [6.45, 7) is 3.17. The molecule has 1 aliphatic heterocycles. The molecular weight excluding hydrogens is 712 g/mol. The van der Waals surface area contributed by atoms with Crippen molar-refractivity contribution in [3.05, 3.63) is 85.1 Å². The maximum absolute atomic E-state index is 12.7. The van der Waals surface area contributed by atoms with Crippen LogP contribution in [0.2, 0.25) is 0 Å². The highest BCUT2D eigenvalue weighted by Gasteiger charge is 2.44. The van der Waals surface area contributed by atoms with Crippen molar-refractivity contribution in [3.63, 3.8) is 0 Å². The molecule has 318 valence electrons. The van der Waals surface area contributed by atoms with Crippen LogP contribution in [0.3, 0.4) is 0 Å². The van der Waals surface area contributed by atoms with Crippen molar-refractivity contribution >= 4 is 11.9 Å². The molecule has 0 aromatic heterocycles. The van der Waals surface area contributed by atoms with Crippen LogP contribution in [0.25, 0.3) is 0 Å². The minimum absolute atomic E-state index is 0.144. The highest BCUT2D eigenvalue weighted by molar-refractivity contribution is 5.70. The van der Waals surface area contributed by atoms with Crippen molar-refractivity contribution in [1.29, 1.82) is 0 Å². The normalized spacial score (nSPS) is 21.3. The topological polar surface area (TPSA) is 152 Å². The fraction of sp³-hybridized carbons (Fsp3) is 0.652. The highest BCUT2D eigenvalue weighted by Crippen LogP contribution is 2.22. The van der Waals surface area contributed by atoms with E-state index in [2.05, 4.69) is 92.8 Å². The van der Waals surface area contributed by atoms with Crippen LogP contribution in [-0.2, 0) is 28.5 Å². The Kier molecular flexibility index (Phi) is 32.9. The van der Waals surface area contributed by atoms with Crippen molar-refractivity contribution in [2.75, 3.05) is 19.8 Å². The second-order valence-electron chi connectivity index (χ2n) is 14.1. The van der Waals surface area contributed by atoms with E-state index < -0.39 is 55.4 Å². The molecule has 0 spiro atoms. The van der Waals surface area contributed by atoms with Gasteiger partial charge in [0.05, 0.1) is 13.2 Å². The first-order valence-electron chi connectivity index (χ1n) is 21.2. The average molecular weight is 787 g/mol. The summed E-state index contributed by atoms with van der Waals surface area (Å²) in [5.74, 6) is -0.902. The summed E-state index contributed by atoms with van der Waals surface area (Å²) in [6.07, 6.45) is 38.8. The third kappa shape index (κ3) is 27.5. The molecule has 1 fully saturated rings. The van der Waals surface area contributed by atoms with Gasteiger partial charge in [-0.2, -0.15) is 0 Å². The number of allylic oxidation sites excluding steroid dienone is 14. The number of hydrogen-bond acceptors (Lipinski definition) is 10. The summed E-state index contributed by atoms with van der Waals surface area (Å²) >= 11 is 0. The van der Waals surface area contributed by atoms with Crippen molar-refractivity contribution in [2.24, 2.45) is 0 Å². The lowest BCUT2D eigenvalue weighted by Gasteiger charge is -2.39. The van der Waals surface area contributed by atoms with Crippen LogP contribution in [0, 0.1) is 0 Å². The Labute approximate surface area is 337 Å². The van der Waals surface area contributed by atoms with E-state index in [0.717, 1.165) is 77.0 Å². The summed E-state index contributed by atoms with van der Waals surface area (Å²) in [5.41, 5.74) is 0. The molecular formula is C46H74O10. The minimum atomic E-state index is -1.61. The molecule has 1 aliphatic rings. The van der Waals surface area contributed by atoms with E-state index in [1.165, 1.54) is 12.8 Å². The Bertz CT molecular complexity index is 1180. The van der Waals surface area contributed by atoms with Crippen LogP contribution in [0.1, 0.15) is 136 Å². The zero-order valence-corrected chi connectivity index (χ0v) is 34.3. The number of carbonyl (C=O) groups excluding carboxylic acids is 2. The summed E-state index contributed by atoms with van der Waals surface area (Å²) in [5, 5.41) is 40.0. The van der Waals surface area contributed by atoms with E-state index in [1.807, 2.05) is 6.08 Å². The average Bonchev–Trinajstić information content (AvgIpc) is 3.19. The van der Waals surface area contributed by atoms with E-state index in [1.54, 1.807) is 0 Å². The number of carbonyl (C=O) groups is 2. The van der Waals surface area contributed by atoms with Crippen LogP contribution in [0.5, 0.6) is 0 Å². The lowest BCUT2D eigenvalue weighted by atomic mass is 9.99. The van der Waals surface area contributed by atoms with Gasteiger partial charge >= 0.3 is 11.9 Å². The van der Waals surface area contributed by atoms with Gasteiger partial charge in [-0.1, -0.05) is 131 Å². The maximum Gasteiger partial charge on any atom is 0.306 e. The van der Waals surface area contributed by atoms with Crippen LogP contribution in [-0.4, -0.2) is 89.0 Å². The lowest BCUT2D eigenvalue weighted by Crippen LogP contribution is -2.59. The predicted octanol–water partition coefficient (Wildman–Crippen LogP) is 8.60. The van der Waals surface area contributed by atoms with Crippen LogP contribution >= 0.6 is 0 Å². The second-order valence-corrected chi connectivity index (χ2v) is 14.1. The van der Waals surface area contributed by atoms with Gasteiger partial charge in [0.15, 0.2) is 12.4 Å². The third-order valence-electron chi connectivity index (χ3n) is 9.01. The standard InChI is InChI=1S/C46H74O10/c1-3-5-7-9-11-13-15-17-19-20-21-23-25-27-29-31-33-35-42(49)55-39(38-54-46-45(52)44(51)43(50)40(36-47)56-46)37-53-41(48)34-32-30-28-26-24-22-18-16-14-12-10-8-6-4-2/h5,7,10-13,16-19,21,23,27,29,39-40,43-47,50-52H,3-4,6,8-9,14-15,20,22,24-26,28,30-38H2,1-2H3/b7-5-,12-10-,13-11-,18-16-,19-17-,23-21-,29-27-. The Morgan fingerprint density at radius 1 is 0.571 bits per heavy atom. The molecule has 0 aromatic rings. The lowest BCUT2D eigenvalue weighted by molar-refractivity contribution is -0.305. The number of rotatable bonds is 33. The van der Waals surface area contributed by atoms with Gasteiger partial charge in [0.2, 0.25) is 0 Å². The maximum atomic E-state index is 12.7. The van der Waals surface area contributed by atoms with Gasteiger partial charge in [0, 0.05) is 12.8 Å². The predicted molar refractivity (Wildman–Crippen MR) is 224 cm³/mol. The Balaban J connectivity index is 2.43. The number of unbranched alkanes of at least 4 members (excludes halogenated alkanes) is 8. The fourth-order valence-corrected chi connectivity index (χ4v) is 5.65. The van der Waals surface area contributed by atoms with Crippen molar-refractivity contribution < 1.29 is 49.0 Å². The van der Waals surface area contributed by atoms with Gasteiger partial charge in [-0.15, -0.1) is 0 Å². The zero-order chi connectivity index (χ0) is 40.9. The van der Waals surface area contributed by atoms with Crippen molar-refractivity contribution in [2.45, 2.75) is 173 Å². The number of ether oxygens (including phenoxy) is 4. The Hall–Kier alpha value is -3.12. The van der Waals surface area contributed by atoms with Crippen molar-refractivity contribution in [3.8, 4) is 0 Å². The Morgan fingerprint density at radius 2 is 1.07 bits per heavy atom. The largest absolute Gasteiger partial charge is 0.462 e. The molecule has 0 aliphatic carbocycles. The summed E-state index contributed by atoms with van der Waals surface area (Å²) in [7, 11) is 0. The highest BCUT2D eigenvalue weighted by atomic mass is 16.7. The van der Waals surface area contributed by atoms with E-state index in [-0.39, 0.29) is 26.1 Å². The molecule has 56 heavy (non-hydrogen) atoms. The van der Waals surface area contributed by atoms with Gasteiger partial charge in [0.1, 0.15) is 31.0 Å². The van der Waals surface area contributed by atoms with Crippen molar-refractivity contribution in [1.82, 2.24) is 0 Å². The Morgan fingerprint density at radius 3 is 1.64 bits per heavy atom. The number of esters is 2. The first-order chi connectivity index (χ1) is 27.3. The summed E-state index contributed by atoms with van der Waals surface area (Å²) in [6, 6.07) is 0. The first-order valence-corrected chi connectivity index (χ1v) is 21.2. The molecule has 0 amide bonds. The molecule has 4 N–H and O–H groups in total. The van der Waals surface area contributed by atoms with Gasteiger partial charge in [-0.25, -0.2) is 0 Å². The zero-order valence-electron chi connectivity index (χ0n) is 34.3. The molecule has 10 heteroatoms. The molecule has 0 bridgehead atoms. The number of aliphatic hydroxyl groups excluding tert-OH is 4. The fourth-order valence-electron chi connectivity index (χ4n) is 5.65. The van der Waals surface area contributed by atoms with E-state index in [4.69, 9.17) is 18.9 Å². The molecule has 1 rings (SSSR count). The summed E-state index contributed by atoms with van der Waals surface area (Å²) in [4.78, 5) is 25.3. The van der Waals surface area contributed by atoms with Crippen LogP contribution < -0.4 is 0 Å². The quantitative estimate of drug-likeness (QED) is 0.0289. The minimum Gasteiger partial charge on any atom is -0.462 e. The van der Waals surface area contributed by atoms with Gasteiger partial charge < -0.3 is 39.4 Å². The summed E-state index contributed by atoms with van der Waals surface area (Å²) < 4.78 is 22.0. The van der Waals surface area contributed by atoms with Gasteiger partial charge in [0.25, 0.3) is 0 Å². The van der Waals surface area contributed by atoms with E-state index >= 15 is 0 Å². The van der Waals surface area contributed by atoms with Gasteiger partial charge in [-0.3, -0.25) is 9.59 Å². The monoisotopic (exact) mass is 787 g/mol. The molecule has 0 saturated carbocycles. The molecule has 1 heterocycles. The van der Waals surface area contributed by atoms with Gasteiger partial charge in [-0.05, 0) is 77.0 Å². The van der Waals surface area contributed by atoms with Crippen LogP contribution in [0.4, 0.5) is 0 Å². The van der Waals surface area contributed by atoms with E-state index in [9.17, 15) is 30.0 Å². The molecule has 1 saturated heterocycles. The smallest absolute Gasteiger partial charge is 0.306 e. The second kappa shape index (κ2) is 36.2. The molecule has 0 radical (unpaired) electrons. The molecule has 6 atom stereocenters. The van der Waals surface area contributed by atoms with E-state index in [0.29, 0.717) is 19.3 Å². The first kappa shape index (κ1) is 50.9. The number of hydrogen-bond donors (Lipinski definition) is 4. The molecule has 6 unspecified atom stereocenters. The van der Waals surface area contributed by atoms with Crippen LogP contribution in [0.15, 0.2) is 85.1 Å². The third-order valence-corrected chi connectivity index (χ3v) is 9.01.